The molecule has 24 heavy (non-hydrogen) atoms. The summed E-state index contributed by atoms with van der Waals surface area (Å²) in [6.07, 6.45) is 7.22. The zero-order valence-corrected chi connectivity index (χ0v) is 13.8. The third-order valence-corrected chi connectivity index (χ3v) is 5.05. The van der Waals surface area contributed by atoms with Crippen molar-refractivity contribution in [1.82, 2.24) is 9.97 Å². The molecule has 4 nitrogen and oxygen atoms in total. The van der Waals surface area contributed by atoms with Gasteiger partial charge in [-0.15, -0.1) is 0 Å². The minimum atomic E-state index is -0.537. The predicted octanol–water partition coefficient (Wildman–Crippen LogP) is 3.43. The van der Waals surface area contributed by atoms with E-state index in [2.05, 4.69) is 42.0 Å². The molecule has 0 spiro atoms. The molecule has 1 amide bonds. The van der Waals surface area contributed by atoms with Crippen LogP contribution in [0.25, 0.3) is 21.9 Å². The Bertz CT molecular complexity index is 954. The first kappa shape index (κ1) is 14.8. The summed E-state index contributed by atoms with van der Waals surface area (Å²) in [5.41, 5.74) is 10.5. The van der Waals surface area contributed by atoms with Crippen molar-refractivity contribution >= 4 is 16.7 Å². The van der Waals surface area contributed by atoms with Gasteiger partial charge in [-0.2, -0.15) is 0 Å². The van der Waals surface area contributed by atoms with Crippen LogP contribution in [0.5, 0.6) is 0 Å². The lowest BCUT2D eigenvalue weighted by Crippen LogP contribution is -2.29. The Morgan fingerprint density at radius 3 is 2.38 bits per heavy atom. The molecule has 0 radical (unpaired) electrons. The van der Waals surface area contributed by atoms with E-state index in [-0.39, 0.29) is 5.91 Å². The zero-order valence-electron chi connectivity index (χ0n) is 13.8. The number of nitrogens with two attached hydrogens (primary N) is 1. The second kappa shape index (κ2) is 5.13. The van der Waals surface area contributed by atoms with Crippen LogP contribution in [0, 0.1) is 13.8 Å². The number of fused-ring (bicyclic) bond motifs is 1. The number of rotatable bonds is 3. The summed E-state index contributed by atoms with van der Waals surface area (Å²) in [6.45, 7) is 4.15. The number of amides is 1. The van der Waals surface area contributed by atoms with Gasteiger partial charge in [-0.25, -0.2) is 0 Å². The minimum absolute atomic E-state index is 0.269. The molecule has 120 valence electrons. The normalized spacial score (nSPS) is 15.4. The van der Waals surface area contributed by atoms with Crippen LogP contribution in [0.3, 0.4) is 0 Å². The minimum Gasteiger partial charge on any atom is -0.369 e. The number of carbonyl (C=O) groups is 1. The monoisotopic (exact) mass is 317 g/mol. The topological polar surface area (TPSA) is 68.9 Å². The molecule has 4 heteroatoms. The lowest BCUT2D eigenvalue weighted by atomic mass is 9.95. The fourth-order valence-corrected chi connectivity index (χ4v) is 3.47. The summed E-state index contributed by atoms with van der Waals surface area (Å²) in [4.78, 5) is 20.5. The number of aryl methyl sites for hydroxylation is 2. The molecule has 2 aromatic heterocycles. The first-order valence-corrected chi connectivity index (χ1v) is 8.13. The molecular formula is C20H19N3O. The van der Waals surface area contributed by atoms with Crippen LogP contribution < -0.4 is 5.73 Å². The summed E-state index contributed by atoms with van der Waals surface area (Å²) in [5, 5.41) is 2.15. The molecule has 1 saturated carbocycles. The lowest BCUT2D eigenvalue weighted by molar-refractivity contribution is -0.120. The summed E-state index contributed by atoms with van der Waals surface area (Å²) in [7, 11) is 0. The molecule has 1 aromatic carbocycles. The van der Waals surface area contributed by atoms with Gasteiger partial charge < -0.3 is 5.73 Å². The Morgan fingerprint density at radius 1 is 1.04 bits per heavy atom. The van der Waals surface area contributed by atoms with Crippen molar-refractivity contribution in [3.05, 3.63) is 59.7 Å². The smallest absolute Gasteiger partial charge is 0.229 e. The van der Waals surface area contributed by atoms with Crippen LogP contribution in [-0.4, -0.2) is 15.9 Å². The molecule has 2 heterocycles. The second-order valence-corrected chi connectivity index (χ2v) is 6.73. The van der Waals surface area contributed by atoms with Gasteiger partial charge in [0, 0.05) is 24.0 Å². The Kier molecular flexibility index (Phi) is 3.17. The fourth-order valence-electron chi connectivity index (χ4n) is 3.47. The van der Waals surface area contributed by atoms with Gasteiger partial charge in [0.1, 0.15) is 0 Å². The van der Waals surface area contributed by atoms with E-state index in [9.17, 15) is 4.79 Å². The number of hydrogen-bond donors (Lipinski definition) is 1. The molecule has 0 saturated heterocycles. The third-order valence-electron chi connectivity index (χ3n) is 5.05. The molecule has 0 unspecified atom stereocenters. The molecule has 1 aliphatic rings. The van der Waals surface area contributed by atoms with E-state index in [1.165, 1.54) is 5.56 Å². The van der Waals surface area contributed by atoms with Crippen molar-refractivity contribution in [1.29, 1.82) is 0 Å². The van der Waals surface area contributed by atoms with E-state index < -0.39 is 5.41 Å². The Morgan fingerprint density at radius 2 is 1.75 bits per heavy atom. The second-order valence-electron chi connectivity index (χ2n) is 6.73. The summed E-state index contributed by atoms with van der Waals surface area (Å²) in [5.74, 6) is -0.269. The van der Waals surface area contributed by atoms with Gasteiger partial charge in [0.15, 0.2) is 0 Å². The van der Waals surface area contributed by atoms with Gasteiger partial charge in [0.25, 0.3) is 0 Å². The maximum atomic E-state index is 11.7. The Labute approximate surface area is 140 Å². The van der Waals surface area contributed by atoms with E-state index in [1.54, 1.807) is 0 Å². The maximum absolute atomic E-state index is 11.7. The van der Waals surface area contributed by atoms with E-state index in [0.29, 0.717) is 0 Å². The van der Waals surface area contributed by atoms with E-state index in [4.69, 9.17) is 5.73 Å². The van der Waals surface area contributed by atoms with Crippen molar-refractivity contribution in [2.24, 2.45) is 5.73 Å². The molecule has 1 fully saturated rings. The van der Waals surface area contributed by atoms with Gasteiger partial charge in [0.05, 0.1) is 11.1 Å². The van der Waals surface area contributed by atoms with Crippen LogP contribution in [0.4, 0.5) is 0 Å². The first-order chi connectivity index (χ1) is 11.5. The van der Waals surface area contributed by atoms with Crippen molar-refractivity contribution < 1.29 is 4.79 Å². The predicted molar refractivity (Wildman–Crippen MR) is 94.6 cm³/mol. The number of pyridine rings is 2. The molecule has 0 aliphatic heterocycles. The molecule has 3 aromatic rings. The number of primary amides is 1. The summed E-state index contributed by atoms with van der Waals surface area (Å²) < 4.78 is 0. The number of benzene rings is 1. The SMILES string of the molecule is Cc1cncc(C)c1-c1ccc2cc(C3(C(N)=O)CC3)ncc2c1. The molecule has 1 aliphatic carbocycles. The number of carbonyl (C=O) groups excluding carboxylic acids is 1. The van der Waals surface area contributed by atoms with Crippen molar-refractivity contribution in [2.45, 2.75) is 32.1 Å². The van der Waals surface area contributed by atoms with Gasteiger partial charge >= 0.3 is 0 Å². The average molecular weight is 317 g/mol. The highest BCUT2D eigenvalue weighted by molar-refractivity contribution is 5.92. The molecule has 2 N–H and O–H groups in total. The van der Waals surface area contributed by atoms with Crippen molar-refractivity contribution in [3.63, 3.8) is 0 Å². The quantitative estimate of drug-likeness (QED) is 0.804. The van der Waals surface area contributed by atoms with Crippen LogP contribution >= 0.6 is 0 Å². The van der Waals surface area contributed by atoms with Gasteiger partial charge in [-0.05, 0) is 66.5 Å². The number of hydrogen-bond acceptors (Lipinski definition) is 3. The fraction of sp³-hybridized carbons (Fsp3) is 0.250. The summed E-state index contributed by atoms with van der Waals surface area (Å²) >= 11 is 0. The lowest BCUT2D eigenvalue weighted by Gasteiger charge is -2.13. The number of nitrogens with zero attached hydrogens (tertiary/aromatic N) is 2. The first-order valence-electron chi connectivity index (χ1n) is 8.13. The van der Waals surface area contributed by atoms with E-state index in [0.717, 1.165) is 46.0 Å². The van der Waals surface area contributed by atoms with Gasteiger partial charge in [-0.1, -0.05) is 12.1 Å². The highest BCUT2D eigenvalue weighted by Crippen LogP contribution is 2.47. The Hall–Kier alpha value is -2.75. The average Bonchev–Trinajstić information content (AvgIpc) is 3.36. The van der Waals surface area contributed by atoms with Crippen molar-refractivity contribution in [2.75, 3.05) is 0 Å². The Balaban J connectivity index is 1.82. The highest BCUT2D eigenvalue weighted by atomic mass is 16.1. The molecule has 0 bridgehead atoms. The van der Waals surface area contributed by atoms with Crippen LogP contribution in [0.1, 0.15) is 29.7 Å². The highest BCUT2D eigenvalue weighted by Gasteiger charge is 2.51. The largest absolute Gasteiger partial charge is 0.369 e. The van der Waals surface area contributed by atoms with Crippen LogP contribution in [0.15, 0.2) is 42.9 Å². The van der Waals surface area contributed by atoms with E-state index >= 15 is 0 Å². The van der Waals surface area contributed by atoms with Gasteiger partial charge in [0.2, 0.25) is 5.91 Å². The van der Waals surface area contributed by atoms with E-state index in [1.807, 2.05) is 24.7 Å². The maximum Gasteiger partial charge on any atom is 0.229 e. The van der Waals surface area contributed by atoms with Crippen LogP contribution in [0.2, 0.25) is 0 Å². The summed E-state index contributed by atoms with van der Waals surface area (Å²) in [6, 6.07) is 8.35. The third kappa shape index (κ3) is 2.18. The zero-order chi connectivity index (χ0) is 16.9. The number of aromatic nitrogens is 2. The molecule has 0 atom stereocenters. The molecular weight excluding hydrogens is 298 g/mol. The molecule has 4 rings (SSSR count). The van der Waals surface area contributed by atoms with Crippen LogP contribution in [-0.2, 0) is 10.2 Å². The van der Waals surface area contributed by atoms with Crippen molar-refractivity contribution in [3.8, 4) is 11.1 Å². The standard InChI is InChI=1S/C20H19N3O/c1-12-9-22-10-13(2)18(12)15-4-3-14-8-17(23-11-16(14)7-15)20(5-6-20)19(21)24/h3-4,7-11H,5-6H2,1-2H3,(H2,21,24). The van der Waals surface area contributed by atoms with Gasteiger partial charge in [-0.3, -0.25) is 14.8 Å².